The number of ketones is 1. The second-order valence-corrected chi connectivity index (χ2v) is 6.15. The summed E-state index contributed by atoms with van der Waals surface area (Å²) in [6.07, 6.45) is 1.07. The van der Waals surface area contributed by atoms with Crippen molar-refractivity contribution >= 4 is 21.7 Å². The van der Waals surface area contributed by atoms with Crippen molar-refractivity contribution in [2.45, 2.75) is 18.8 Å². The number of Topliss-reactive ketones (excluding diaryl/α,β-unsaturated/α-hetero) is 1. The Hall–Kier alpha value is -1.48. The zero-order valence-electron chi connectivity index (χ0n) is 10.9. The fraction of sp³-hybridized carbons (Fsp3) is 0.235. The highest BCUT2D eigenvalue weighted by molar-refractivity contribution is 9.10. The van der Waals surface area contributed by atoms with E-state index in [9.17, 15) is 9.18 Å². The Morgan fingerprint density at radius 1 is 1.20 bits per heavy atom. The molecule has 1 aliphatic rings. The Morgan fingerprint density at radius 3 is 2.70 bits per heavy atom. The van der Waals surface area contributed by atoms with Gasteiger partial charge in [-0.25, -0.2) is 4.39 Å². The van der Waals surface area contributed by atoms with E-state index in [1.54, 1.807) is 12.1 Å². The smallest absolute Gasteiger partial charge is 0.141 e. The number of hydrogen-bond acceptors (Lipinski definition) is 1. The Kier molecular flexibility index (Phi) is 3.70. The first kappa shape index (κ1) is 13.5. The predicted octanol–water partition coefficient (Wildman–Crippen LogP) is 4.50. The Morgan fingerprint density at radius 2 is 1.95 bits per heavy atom. The summed E-state index contributed by atoms with van der Waals surface area (Å²) in [5.41, 5.74) is 1.68. The van der Waals surface area contributed by atoms with Gasteiger partial charge in [-0.1, -0.05) is 46.3 Å². The molecule has 2 atom stereocenters. The van der Waals surface area contributed by atoms with Gasteiger partial charge in [0.1, 0.15) is 11.6 Å². The van der Waals surface area contributed by atoms with E-state index in [-0.39, 0.29) is 23.9 Å². The summed E-state index contributed by atoms with van der Waals surface area (Å²) >= 11 is 3.31. The van der Waals surface area contributed by atoms with Crippen LogP contribution in [0.5, 0.6) is 0 Å². The highest BCUT2D eigenvalue weighted by Crippen LogP contribution is 2.48. The number of carbonyl (C=O) groups excluding carboxylic acids is 1. The summed E-state index contributed by atoms with van der Waals surface area (Å²) in [6.45, 7) is 0. The van der Waals surface area contributed by atoms with Crippen molar-refractivity contribution < 1.29 is 9.18 Å². The van der Waals surface area contributed by atoms with Crippen molar-refractivity contribution in [3.8, 4) is 0 Å². The van der Waals surface area contributed by atoms with Crippen LogP contribution in [0.2, 0.25) is 0 Å². The van der Waals surface area contributed by atoms with Crippen LogP contribution in [0.4, 0.5) is 4.39 Å². The zero-order valence-corrected chi connectivity index (χ0v) is 12.4. The van der Waals surface area contributed by atoms with Gasteiger partial charge in [0.25, 0.3) is 0 Å². The SMILES string of the molecule is O=C(Cc1cc(Br)ccc1F)C1CC1c1ccccc1. The maximum atomic E-state index is 13.7. The van der Waals surface area contributed by atoms with E-state index in [1.165, 1.54) is 11.6 Å². The fourth-order valence-electron chi connectivity index (χ4n) is 2.62. The van der Waals surface area contributed by atoms with Crippen LogP contribution in [0.25, 0.3) is 0 Å². The van der Waals surface area contributed by atoms with E-state index < -0.39 is 0 Å². The summed E-state index contributed by atoms with van der Waals surface area (Å²) in [5.74, 6) is 0.198. The molecule has 0 heterocycles. The van der Waals surface area contributed by atoms with Gasteiger partial charge in [-0.15, -0.1) is 0 Å². The van der Waals surface area contributed by atoms with Crippen LogP contribution >= 0.6 is 15.9 Å². The summed E-state index contributed by atoms with van der Waals surface area (Å²) in [6, 6.07) is 14.8. The molecule has 0 aromatic heterocycles. The number of halogens is 2. The largest absolute Gasteiger partial charge is 0.299 e. The zero-order chi connectivity index (χ0) is 14.1. The van der Waals surface area contributed by atoms with Crippen molar-refractivity contribution in [1.29, 1.82) is 0 Å². The topological polar surface area (TPSA) is 17.1 Å². The first-order valence-electron chi connectivity index (χ1n) is 6.67. The maximum Gasteiger partial charge on any atom is 0.141 e. The van der Waals surface area contributed by atoms with Crippen molar-refractivity contribution in [3.63, 3.8) is 0 Å². The van der Waals surface area contributed by atoms with Gasteiger partial charge in [0.15, 0.2) is 0 Å². The van der Waals surface area contributed by atoms with Crippen LogP contribution < -0.4 is 0 Å². The van der Waals surface area contributed by atoms with Gasteiger partial charge in [-0.2, -0.15) is 0 Å². The molecule has 2 aromatic carbocycles. The van der Waals surface area contributed by atoms with Gasteiger partial charge in [0.2, 0.25) is 0 Å². The fourth-order valence-corrected chi connectivity index (χ4v) is 3.03. The Labute approximate surface area is 126 Å². The monoisotopic (exact) mass is 332 g/mol. The van der Waals surface area contributed by atoms with Gasteiger partial charge < -0.3 is 0 Å². The molecule has 0 spiro atoms. The molecule has 0 saturated heterocycles. The molecule has 0 bridgehead atoms. The Bertz CT molecular complexity index is 639. The maximum absolute atomic E-state index is 13.7. The predicted molar refractivity (Wildman–Crippen MR) is 80.1 cm³/mol. The second-order valence-electron chi connectivity index (χ2n) is 5.24. The summed E-state index contributed by atoms with van der Waals surface area (Å²) in [5, 5.41) is 0. The molecule has 2 unspecified atom stereocenters. The van der Waals surface area contributed by atoms with Crippen molar-refractivity contribution in [2.75, 3.05) is 0 Å². The highest BCUT2D eigenvalue weighted by Gasteiger charge is 2.43. The van der Waals surface area contributed by atoms with E-state index in [4.69, 9.17) is 0 Å². The highest BCUT2D eigenvalue weighted by atomic mass is 79.9. The molecule has 0 radical (unpaired) electrons. The number of carbonyl (C=O) groups is 1. The van der Waals surface area contributed by atoms with Crippen molar-refractivity contribution in [1.82, 2.24) is 0 Å². The van der Waals surface area contributed by atoms with Crippen LogP contribution in [-0.2, 0) is 11.2 Å². The van der Waals surface area contributed by atoms with Gasteiger partial charge in [0, 0.05) is 16.8 Å². The molecule has 3 rings (SSSR count). The molecule has 0 aliphatic heterocycles. The third-order valence-corrected chi connectivity index (χ3v) is 4.30. The lowest BCUT2D eigenvalue weighted by atomic mass is 10.0. The molecule has 1 aliphatic carbocycles. The van der Waals surface area contributed by atoms with E-state index in [0.717, 1.165) is 10.9 Å². The van der Waals surface area contributed by atoms with Crippen molar-refractivity contribution in [3.05, 3.63) is 69.9 Å². The molecule has 1 nitrogen and oxygen atoms in total. The summed E-state index contributed by atoms with van der Waals surface area (Å²) in [7, 11) is 0. The molecule has 20 heavy (non-hydrogen) atoms. The third-order valence-electron chi connectivity index (χ3n) is 3.80. The van der Waals surface area contributed by atoms with Gasteiger partial charge in [-0.3, -0.25) is 4.79 Å². The van der Waals surface area contributed by atoms with E-state index in [2.05, 4.69) is 28.1 Å². The Balaban J connectivity index is 1.68. The lowest BCUT2D eigenvalue weighted by molar-refractivity contribution is -0.119. The minimum absolute atomic E-state index is 0.0516. The van der Waals surface area contributed by atoms with Crippen LogP contribution in [0.1, 0.15) is 23.5 Å². The normalized spacial score (nSPS) is 20.7. The molecule has 1 saturated carbocycles. The minimum Gasteiger partial charge on any atom is -0.299 e. The van der Waals surface area contributed by atoms with Gasteiger partial charge >= 0.3 is 0 Å². The molecular formula is C17H14BrFO. The van der Waals surface area contributed by atoms with Crippen LogP contribution in [0.15, 0.2) is 53.0 Å². The average Bonchev–Trinajstić information content (AvgIpc) is 3.24. The molecule has 1 fully saturated rings. The minimum atomic E-state index is -0.307. The molecular weight excluding hydrogens is 319 g/mol. The first-order chi connectivity index (χ1) is 9.65. The average molecular weight is 333 g/mol. The standard InChI is InChI=1S/C17H14BrFO/c18-13-6-7-16(19)12(8-13)9-17(20)15-10-14(15)11-4-2-1-3-5-11/h1-8,14-15H,9-10H2. The number of hydrogen-bond donors (Lipinski definition) is 0. The second kappa shape index (κ2) is 5.49. The van der Waals surface area contributed by atoms with E-state index in [1.807, 2.05) is 18.2 Å². The lowest BCUT2D eigenvalue weighted by Crippen LogP contribution is -2.08. The third kappa shape index (κ3) is 2.83. The van der Waals surface area contributed by atoms with E-state index in [0.29, 0.717) is 11.5 Å². The van der Waals surface area contributed by atoms with Crippen molar-refractivity contribution in [2.24, 2.45) is 5.92 Å². The van der Waals surface area contributed by atoms with E-state index >= 15 is 0 Å². The number of rotatable bonds is 4. The van der Waals surface area contributed by atoms with Crippen LogP contribution in [-0.4, -0.2) is 5.78 Å². The van der Waals surface area contributed by atoms with Crippen LogP contribution in [0.3, 0.4) is 0 Å². The summed E-state index contributed by atoms with van der Waals surface area (Å²) in [4.78, 5) is 12.2. The molecule has 2 aromatic rings. The van der Waals surface area contributed by atoms with Gasteiger partial charge in [0.05, 0.1) is 0 Å². The lowest BCUT2D eigenvalue weighted by Gasteiger charge is -2.04. The molecule has 3 heteroatoms. The first-order valence-corrected chi connectivity index (χ1v) is 7.46. The van der Waals surface area contributed by atoms with Gasteiger partial charge in [-0.05, 0) is 41.7 Å². The molecule has 102 valence electrons. The summed E-state index contributed by atoms with van der Waals surface area (Å²) < 4.78 is 14.5. The molecule has 0 N–H and O–H groups in total. The quantitative estimate of drug-likeness (QED) is 0.805. The number of benzene rings is 2. The molecule has 0 amide bonds. The van der Waals surface area contributed by atoms with Crippen LogP contribution in [0, 0.1) is 11.7 Å².